The lowest BCUT2D eigenvalue weighted by molar-refractivity contribution is 0.0728. The van der Waals surface area contributed by atoms with E-state index in [1.165, 1.54) is 0 Å². The van der Waals surface area contributed by atoms with Gasteiger partial charge in [-0.25, -0.2) is 0 Å². The highest BCUT2D eigenvalue weighted by molar-refractivity contribution is 5.99. The molecule has 1 aromatic heterocycles. The van der Waals surface area contributed by atoms with Gasteiger partial charge in [0.05, 0.1) is 23.6 Å². The molecule has 1 atom stereocenters. The predicted molar refractivity (Wildman–Crippen MR) is 113 cm³/mol. The summed E-state index contributed by atoms with van der Waals surface area (Å²) in [6, 6.07) is 12.7. The maximum Gasteiger partial charge on any atom is 0.290 e. The van der Waals surface area contributed by atoms with Gasteiger partial charge in [0.25, 0.3) is 5.91 Å². The SMILES string of the molecule is CCCOc1cccc([C@H]2c3c(oc4ccc(C)cc4c3=O)C(=O)N2CCC)c1. The third-order valence-corrected chi connectivity index (χ3v) is 5.23. The average Bonchev–Trinajstić information content (AvgIpc) is 3.00. The lowest BCUT2D eigenvalue weighted by atomic mass is 9.98. The summed E-state index contributed by atoms with van der Waals surface area (Å²) >= 11 is 0. The summed E-state index contributed by atoms with van der Waals surface area (Å²) in [5.74, 6) is 0.665. The minimum atomic E-state index is -0.469. The molecular formula is C24H25NO4. The number of hydrogen-bond donors (Lipinski definition) is 0. The van der Waals surface area contributed by atoms with E-state index in [9.17, 15) is 9.59 Å². The first kappa shape index (κ1) is 19.2. The molecule has 0 fully saturated rings. The zero-order chi connectivity index (χ0) is 20.5. The Morgan fingerprint density at radius 1 is 1.07 bits per heavy atom. The van der Waals surface area contributed by atoms with Crippen molar-refractivity contribution in [2.24, 2.45) is 0 Å². The van der Waals surface area contributed by atoms with Crippen LogP contribution in [-0.4, -0.2) is 24.0 Å². The van der Waals surface area contributed by atoms with Crippen molar-refractivity contribution in [1.82, 2.24) is 4.90 Å². The molecule has 4 rings (SSSR count). The van der Waals surface area contributed by atoms with E-state index in [4.69, 9.17) is 9.15 Å². The molecule has 0 bridgehead atoms. The van der Waals surface area contributed by atoms with Crippen LogP contribution in [-0.2, 0) is 0 Å². The minimum Gasteiger partial charge on any atom is -0.494 e. The van der Waals surface area contributed by atoms with Gasteiger partial charge in [-0.05, 0) is 49.6 Å². The Bertz CT molecular complexity index is 1130. The summed E-state index contributed by atoms with van der Waals surface area (Å²) in [6.07, 6.45) is 1.70. The standard InChI is InChI=1S/C24H25NO4/c1-4-11-25-21(16-7-6-8-17(14-16)28-12-5-2)20-22(26)18-13-15(3)9-10-19(18)29-23(20)24(25)27/h6-10,13-14,21H,4-5,11-12H2,1-3H3/t21-/m0/s1. The van der Waals surface area contributed by atoms with E-state index in [2.05, 4.69) is 6.92 Å². The van der Waals surface area contributed by atoms with E-state index in [0.29, 0.717) is 29.7 Å². The summed E-state index contributed by atoms with van der Waals surface area (Å²) in [6.45, 7) is 7.17. The normalized spacial score (nSPS) is 15.8. The van der Waals surface area contributed by atoms with E-state index >= 15 is 0 Å². The molecule has 5 heteroatoms. The van der Waals surface area contributed by atoms with Crippen LogP contribution in [0.2, 0.25) is 0 Å². The molecule has 150 valence electrons. The molecule has 5 nitrogen and oxygen atoms in total. The largest absolute Gasteiger partial charge is 0.494 e. The number of ether oxygens (including phenoxy) is 1. The van der Waals surface area contributed by atoms with E-state index in [1.807, 2.05) is 50.2 Å². The lowest BCUT2D eigenvalue weighted by Crippen LogP contribution is -2.30. The zero-order valence-corrected chi connectivity index (χ0v) is 17.0. The Hall–Kier alpha value is -3.08. The van der Waals surface area contributed by atoms with Crippen LogP contribution < -0.4 is 10.2 Å². The van der Waals surface area contributed by atoms with Crippen molar-refractivity contribution in [1.29, 1.82) is 0 Å². The average molecular weight is 391 g/mol. The first-order chi connectivity index (χ1) is 14.0. The highest BCUT2D eigenvalue weighted by Crippen LogP contribution is 2.39. The molecule has 2 aromatic carbocycles. The molecule has 0 saturated carbocycles. The van der Waals surface area contributed by atoms with Crippen molar-refractivity contribution in [2.75, 3.05) is 13.2 Å². The number of hydrogen-bond acceptors (Lipinski definition) is 4. The van der Waals surface area contributed by atoms with Crippen LogP contribution in [0.5, 0.6) is 5.75 Å². The van der Waals surface area contributed by atoms with Crippen molar-refractivity contribution < 1.29 is 13.9 Å². The number of carbonyl (C=O) groups is 1. The second kappa shape index (κ2) is 7.74. The van der Waals surface area contributed by atoms with Gasteiger partial charge in [-0.2, -0.15) is 0 Å². The van der Waals surface area contributed by atoms with Gasteiger partial charge in [0.2, 0.25) is 5.76 Å². The minimum absolute atomic E-state index is 0.137. The molecule has 1 amide bonds. The number of amides is 1. The number of nitrogens with zero attached hydrogens (tertiary/aromatic N) is 1. The topological polar surface area (TPSA) is 59.8 Å². The number of rotatable bonds is 6. The summed E-state index contributed by atoms with van der Waals surface area (Å²) in [5, 5.41) is 0.512. The highest BCUT2D eigenvalue weighted by atomic mass is 16.5. The van der Waals surface area contributed by atoms with Crippen LogP contribution in [0.4, 0.5) is 0 Å². The molecule has 1 aliphatic heterocycles. The Kier molecular flexibility index (Phi) is 5.14. The first-order valence-corrected chi connectivity index (χ1v) is 10.2. The monoisotopic (exact) mass is 391 g/mol. The number of aryl methyl sites for hydroxylation is 1. The number of benzene rings is 2. The van der Waals surface area contributed by atoms with Gasteiger partial charge in [0, 0.05) is 6.54 Å². The molecule has 0 aliphatic carbocycles. The van der Waals surface area contributed by atoms with Crippen molar-refractivity contribution in [2.45, 2.75) is 39.7 Å². The van der Waals surface area contributed by atoms with Gasteiger partial charge in [-0.15, -0.1) is 0 Å². The molecule has 1 aliphatic rings. The Morgan fingerprint density at radius 2 is 1.90 bits per heavy atom. The predicted octanol–water partition coefficient (Wildman–Crippen LogP) is 4.85. The first-order valence-electron chi connectivity index (χ1n) is 10.2. The lowest BCUT2D eigenvalue weighted by Gasteiger charge is -2.25. The maximum atomic E-state index is 13.4. The molecule has 2 heterocycles. The third kappa shape index (κ3) is 3.31. The van der Waals surface area contributed by atoms with Crippen molar-refractivity contribution in [3.8, 4) is 5.75 Å². The van der Waals surface area contributed by atoms with Crippen molar-refractivity contribution in [3.63, 3.8) is 0 Å². The quantitative estimate of drug-likeness (QED) is 0.603. The highest BCUT2D eigenvalue weighted by Gasteiger charge is 2.42. The molecule has 0 spiro atoms. The van der Waals surface area contributed by atoms with Crippen LogP contribution in [0.25, 0.3) is 11.0 Å². The Labute approximate surface area is 169 Å². The summed E-state index contributed by atoms with van der Waals surface area (Å²) < 4.78 is 11.7. The van der Waals surface area contributed by atoms with Gasteiger partial charge < -0.3 is 14.1 Å². The van der Waals surface area contributed by atoms with Gasteiger partial charge in [0.15, 0.2) is 5.43 Å². The van der Waals surface area contributed by atoms with E-state index in [-0.39, 0.29) is 17.1 Å². The van der Waals surface area contributed by atoms with Gasteiger partial charge in [0.1, 0.15) is 11.3 Å². The second-order valence-electron chi connectivity index (χ2n) is 7.50. The van der Waals surface area contributed by atoms with Crippen LogP contribution in [0.1, 0.15) is 60.0 Å². The molecule has 0 N–H and O–H groups in total. The van der Waals surface area contributed by atoms with Crippen LogP contribution in [0.3, 0.4) is 0 Å². The van der Waals surface area contributed by atoms with Crippen LogP contribution >= 0.6 is 0 Å². The Balaban J connectivity index is 1.92. The van der Waals surface area contributed by atoms with Gasteiger partial charge in [-0.3, -0.25) is 9.59 Å². The molecule has 0 unspecified atom stereocenters. The fourth-order valence-electron chi connectivity index (χ4n) is 3.95. The molecular weight excluding hydrogens is 366 g/mol. The van der Waals surface area contributed by atoms with Gasteiger partial charge in [-0.1, -0.05) is 37.6 Å². The van der Waals surface area contributed by atoms with Crippen LogP contribution in [0.15, 0.2) is 51.7 Å². The maximum absolute atomic E-state index is 13.4. The molecule has 3 aromatic rings. The third-order valence-electron chi connectivity index (χ3n) is 5.23. The summed E-state index contributed by atoms with van der Waals surface area (Å²) in [7, 11) is 0. The molecule has 29 heavy (non-hydrogen) atoms. The van der Waals surface area contributed by atoms with Crippen molar-refractivity contribution in [3.05, 3.63) is 75.1 Å². The van der Waals surface area contributed by atoms with Crippen LogP contribution in [0, 0.1) is 6.92 Å². The summed E-state index contributed by atoms with van der Waals surface area (Å²) in [4.78, 5) is 28.3. The molecule has 0 radical (unpaired) electrons. The summed E-state index contributed by atoms with van der Waals surface area (Å²) in [5.41, 5.74) is 2.57. The zero-order valence-electron chi connectivity index (χ0n) is 17.0. The van der Waals surface area contributed by atoms with Crippen molar-refractivity contribution >= 4 is 16.9 Å². The second-order valence-corrected chi connectivity index (χ2v) is 7.50. The Morgan fingerprint density at radius 3 is 2.66 bits per heavy atom. The van der Waals surface area contributed by atoms with Gasteiger partial charge >= 0.3 is 0 Å². The fourth-order valence-corrected chi connectivity index (χ4v) is 3.95. The smallest absolute Gasteiger partial charge is 0.290 e. The van der Waals surface area contributed by atoms with E-state index in [0.717, 1.165) is 29.7 Å². The fraction of sp³-hybridized carbons (Fsp3) is 0.333. The number of fused-ring (bicyclic) bond motifs is 2. The molecule has 0 saturated heterocycles. The number of carbonyl (C=O) groups excluding carboxylic acids is 1. The van der Waals surface area contributed by atoms with E-state index < -0.39 is 6.04 Å². The van der Waals surface area contributed by atoms with E-state index in [1.54, 1.807) is 11.0 Å².